The number of anilines is 1. The van der Waals surface area contributed by atoms with E-state index < -0.39 is 15.9 Å². The van der Waals surface area contributed by atoms with Gasteiger partial charge < -0.3 is 9.47 Å². The van der Waals surface area contributed by atoms with E-state index in [9.17, 15) is 13.2 Å². The molecule has 0 heterocycles. The van der Waals surface area contributed by atoms with Crippen LogP contribution in [0.3, 0.4) is 0 Å². The number of amides is 1. The lowest BCUT2D eigenvalue weighted by Crippen LogP contribution is -2.25. The van der Waals surface area contributed by atoms with Gasteiger partial charge >= 0.3 is 0 Å². The van der Waals surface area contributed by atoms with Crippen LogP contribution in [0.25, 0.3) is 0 Å². The van der Waals surface area contributed by atoms with Crippen LogP contribution >= 0.6 is 23.2 Å². The first kappa shape index (κ1) is 26.3. The lowest BCUT2D eigenvalue weighted by atomic mass is 10.2. The molecule has 0 saturated heterocycles. The van der Waals surface area contributed by atoms with Gasteiger partial charge in [-0.25, -0.2) is 13.8 Å². The second kappa shape index (κ2) is 11.4. The number of hydrogen-bond donors (Lipinski definition) is 1. The standard InChI is InChI=1S/C24H23Cl2N3O5S/c1-29(35(3,31)32)19-8-6-18(7-9-19)24(30)28-27-14-16-5-11-22(23(13-16)33-2)34-15-17-4-10-20(25)21(26)12-17/h4-14H,15H2,1-3H3,(H,28,30)/b27-14-. The highest BCUT2D eigenvalue weighted by molar-refractivity contribution is 7.92. The van der Waals surface area contributed by atoms with Crippen LogP contribution in [0, 0.1) is 0 Å². The summed E-state index contributed by atoms with van der Waals surface area (Å²) in [6.07, 6.45) is 2.57. The third kappa shape index (κ3) is 7.11. The Labute approximate surface area is 214 Å². The van der Waals surface area contributed by atoms with E-state index >= 15 is 0 Å². The van der Waals surface area contributed by atoms with E-state index in [0.29, 0.717) is 38.4 Å². The van der Waals surface area contributed by atoms with Crippen LogP contribution in [0.2, 0.25) is 10.0 Å². The molecule has 1 N–H and O–H groups in total. The zero-order valence-electron chi connectivity index (χ0n) is 19.2. The number of hydrazone groups is 1. The van der Waals surface area contributed by atoms with E-state index in [0.717, 1.165) is 16.1 Å². The lowest BCUT2D eigenvalue weighted by molar-refractivity contribution is 0.0955. The van der Waals surface area contributed by atoms with Crippen LogP contribution in [-0.4, -0.2) is 41.0 Å². The molecule has 184 valence electrons. The Morgan fingerprint density at radius 2 is 1.74 bits per heavy atom. The molecule has 0 aliphatic carbocycles. The van der Waals surface area contributed by atoms with Gasteiger partial charge in [-0.3, -0.25) is 9.10 Å². The number of halogens is 2. The van der Waals surface area contributed by atoms with Crippen molar-refractivity contribution in [2.24, 2.45) is 5.10 Å². The van der Waals surface area contributed by atoms with Crippen LogP contribution in [0.4, 0.5) is 5.69 Å². The van der Waals surface area contributed by atoms with Crippen molar-refractivity contribution in [1.82, 2.24) is 5.43 Å². The van der Waals surface area contributed by atoms with Crippen molar-refractivity contribution in [3.05, 3.63) is 87.4 Å². The molecule has 0 spiro atoms. The van der Waals surface area contributed by atoms with Crippen molar-refractivity contribution in [3.63, 3.8) is 0 Å². The average Bonchev–Trinajstić information content (AvgIpc) is 2.84. The first-order chi connectivity index (χ1) is 16.6. The van der Waals surface area contributed by atoms with Gasteiger partial charge in [0.15, 0.2) is 11.5 Å². The number of methoxy groups -OCH3 is 1. The highest BCUT2D eigenvalue weighted by atomic mass is 35.5. The fourth-order valence-corrected chi connectivity index (χ4v) is 3.74. The Kier molecular flexibility index (Phi) is 8.61. The number of benzene rings is 3. The quantitative estimate of drug-likeness (QED) is 0.315. The van der Waals surface area contributed by atoms with Gasteiger partial charge in [0.2, 0.25) is 10.0 Å². The highest BCUT2D eigenvalue weighted by Crippen LogP contribution is 2.29. The summed E-state index contributed by atoms with van der Waals surface area (Å²) in [7, 11) is -0.424. The Balaban J connectivity index is 1.61. The van der Waals surface area contributed by atoms with Gasteiger partial charge in [-0.2, -0.15) is 5.10 Å². The van der Waals surface area contributed by atoms with Crippen molar-refractivity contribution in [1.29, 1.82) is 0 Å². The van der Waals surface area contributed by atoms with E-state index in [1.165, 1.54) is 32.5 Å². The van der Waals surface area contributed by atoms with Crippen molar-refractivity contribution >= 4 is 51.0 Å². The van der Waals surface area contributed by atoms with Gasteiger partial charge in [0.1, 0.15) is 6.61 Å². The van der Waals surface area contributed by atoms with Gasteiger partial charge in [0.25, 0.3) is 5.91 Å². The molecule has 0 atom stereocenters. The molecule has 0 unspecified atom stereocenters. The molecule has 0 radical (unpaired) electrons. The maximum atomic E-state index is 12.3. The third-order valence-electron chi connectivity index (χ3n) is 4.94. The Bertz CT molecular complexity index is 1350. The molecule has 0 fully saturated rings. The number of nitrogens with zero attached hydrogens (tertiary/aromatic N) is 2. The second-order valence-corrected chi connectivity index (χ2v) is 10.3. The maximum absolute atomic E-state index is 12.3. The number of sulfonamides is 1. The summed E-state index contributed by atoms with van der Waals surface area (Å²) in [5, 5.41) is 4.90. The zero-order valence-corrected chi connectivity index (χ0v) is 21.5. The molecule has 0 bridgehead atoms. The summed E-state index contributed by atoms with van der Waals surface area (Å²) >= 11 is 12.0. The number of ether oxygens (including phenoxy) is 2. The third-order valence-corrected chi connectivity index (χ3v) is 6.88. The molecule has 0 aliphatic rings. The smallest absolute Gasteiger partial charge is 0.271 e. The summed E-state index contributed by atoms with van der Waals surface area (Å²) in [6, 6.07) is 16.6. The Morgan fingerprint density at radius 3 is 2.37 bits per heavy atom. The fraction of sp³-hybridized carbons (Fsp3) is 0.167. The largest absolute Gasteiger partial charge is 0.493 e. The molecule has 1 amide bonds. The normalized spacial score (nSPS) is 11.3. The van der Waals surface area contributed by atoms with E-state index in [1.54, 1.807) is 42.5 Å². The topological polar surface area (TPSA) is 97.3 Å². The fourth-order valence-electron chi connectivity index (χ4n) is 2.92. The minimum Gasteiger partial charge on any atom is -0.493 e. The minimum atomic E-state index is -3.38. The molecular weight excluding hydrogens is 513 g/mol. The van der Waals surface area contributed by atoms with E-state index in [2.05, 4.69) is 10.5 Å². The number of carbonyl (C=O) groups excluding carboxylic acids is 1. The molecule has 8 nitrogen and oxygen atoms in total. The summed E-state index contributed by atoms with van der Waals surface area (Å²) in [4.78, 5) is 12.3. The van der Waals surface area contributed by atoms with Gasteiger partial charge in [-0.05, 0) is 65.7 Å². The van der Waals surface area contributed by atoms with E-state index in [-0.39, 0.29) is 6.61 Å². The molecule has 11 heteroatoms. The molecule has 0 aromatic heterocycles. The van der Waals surface area contributed by atoms with E-state index in [1.807, 2.05) is 6.07 Å². The SMILES string of the molecule is COc1cc(/C=N\NC(=O)c2ccc(N(C)S(C)(=O)=O)cc2)ccc1OCc1ccc(Cl)c(Cl)c1. The summed E-state index contributed by atoms with van der Waals surface area (Å²) in [5.74, 6) is 0.577. The van der Waals surface area contributed by atoms with Crippen molar-refractivity contribution in [3.8, 4) is 11.5 Å². The summed E-state index contributed by atoms with van der Waals surface area (Å²) in [6.45, 7) is 0.273. The molecule has 35 heavy (non-hydrogen) atoms. The van der Waals surface area contributed by atoms with Crippen molar-refractivity contribution < 1.29 is 22.7 Å². The second-order valence-electron chi connectivity index (χ2n) is 7.42. The molecular formula is C24H23Cl2N3O5S. The number of carbonyl (C=O) groups is 1. The first-order valence-electron chi connectivity index (χ1n) is 10.2. The predicted octanol–water partition coefficient (Wildman–Crippen LogP) is 4.74. The van der Waals surface area contributed by atoms with Crippen molar-refractivity contribution in [2.75, 3.05) is 24.7 Å². The van der Waals surface area contributed by atoms with Gasteiger partial charge in [-0.1, -0.05) is 29.3 Å². The average molecular weight is 536 g/mol. The summed E-state index contributed by atoms with van der Waals surface area (Å²) < 4.78 is 35.6. The number of rotatable bonds is 9. The maximum Gasteiger partial charge on any atom is 0.271 e. The van der Waals surface area contributed by atoms with Crippen molar-refractivity contribution in [2.45, 2.75) is 6.61 Å². The predicted molar refractivity (Wildman–Crippen MR) is 139 cm³/mol. The minimum absolute atomic E-state index is 0.273. The Morgan fingerprint density at radius 1 is 1.03 bits per heavy atom. The van der Waals surface area contributed by atoms with Crippen LogP contribution in [0.1, 0.15) is 21.5 Å². The monoisotopic (exact) mass is 535 g/mol. The molecule has 0 saturated carbocycles. The molecule has 0 aliphatic heterocycles. The van der Waals surface area contributed by atoms with Crippen LogP contribution in [-0.2, 0) is 16.6 Å². The molecule has 3 aromatic carbocycles. The highest BCUT2D eigenvalue weighted by Gasteiger charge is 2.13. The number of nitrogens with one attached hydrogen (secondary N) is 1. The van der Waals surface area contributed by atoms with E-state index in [4.69, 9.17) is 32.7 Å². The van der Waals surface area contributed by atoms with Crippen LogP contribution < -0.4 is 19.2 Å². The van der Waals surface area contributed by atoms with Gasteiger partial charge in [-0.15, -0.1) is 0 Å². The zero-order chi connectivity index (χ0) is 25.6. The molecule has 3 rings (SSSR count). The summed E-state index contributed by atoms with van der Waals surface area (Å²) in [5.41, 5.74) is 4.74. The lowest BCUT2D eigenvalue weighted by Gasteiger charge is -2.16. The van der Waals surface area contributed by atoms with Gasteiger partial charge in [0.05, 0.1) is 35.3 Å². The van der Waals surface area contributed by atoms with Crippen LogP contribution in [0.5, 0.6) is 11.5 Å². The Hall–Kier alpha value is -3.27. The number of hydrogen-bond acceptors (Lipinski definition) is 6. The molecule has 3 aromatic rings. The van der Waals surface area contributed by atoms with Gasteiger partial charge in [0, 0.05) is 12.6 Å². The first-order valence-corrected chi connectivity index (χ1v) is 12.8. The van der Waals surface area contributed by atoms with Crippen LogP contribution in [0.15, 0.2) is 65.8 Å².